The molecule has 136 valence electrons. The number of carbonyl (C=O) groups is 1. The van der Waals surface area contributed by atoms with Crippen LogP contribution < -0.4 is 5.32 Å². The van der Waals surface area contributed by atoms with Crippen LogP contribution in [0.1, 0.15) is 46.8 Å². The van der Waals surface area contributed by atoms with Crippen molar-refractivity contribution in [3.05, 3.63) is 34.8 Å². The molecule has 7 heteroatoms. The van der Waals surface area contributed by atoms with Gasteiger partial charge in [-0.25, -0.2) is 0 Å². The zero-order valence-corrected chi connectivity index (χ0v) is 15.7. The van der Waals surface area contributed by atoms with Crippen LogP contribution in [0.15, 0.2) is 16.7 Å². The van der Waals surface area contributed by atoms with Gasteiger partial charge in [-0.15, -0.1) is 12.4 Å². The maximum atomic E-state index is 13.1. The number of nitrogens with zero attached hydrogens (tertiary/aromatic N) is 3. The number of amides is 1. The van der Waals surface area contributed by atoms with Crippen molar-refractivity contribution in [2.45, 2.75) is 52.1 Å². The molecule has 0 saturated carbocycles. The maximum absolute atomic E-state index is 13.1. The number of hydrogen-bond acceptors (Lipinski definition) is 4. The van der Waals surface area contributed by atoms with E-state index in [1.165, 1.54) is 12.8 Å². The van der Waals surface area contributed by atoms with Gasteiger partial charge >= 0.3 is 0 Å². The van der Waals surface area contributed by atoms with Crippen molar-refractivity contribution >= 4 is 18.3 Å². The van der Waals surface area contributed by atoms with E-state index >= 15 is 0 Å². The Bertz CT molecular complexity index is 782. The Labute approximate surface area is 153 Å². The van der Waals surface area contributed by atoms with Crippen LogP contribution in [0.25, 0.3) is 5.82 Å². The van der Waals surface area contributed by atoms with Gasteiger partial charge in [0, 0.05) is 42.6 Å². The van der Waals surface area contributed by atoms with Crippen LogP contribution >= 0.6 is 12.4 Å². The molecule has 2 aromatic rings. The van der Waals surface area contributed by atoms with Gasteiger partial charge < -0.3 is 14.7 Å². The summed E-state index contributed by atoms with van der Waals surface area (Å²) in [5.74, 6) is 1.63. The Morgan fingerprint density at radius 2 is 1.96 bits per heavy atom. The molecule has 0 radical (unpaired) electrons. The zero-order chi connectivity index (χ0) is 16.8. The van der Waals surface area contributed by atoms with E-state index in [9.17, 15) is 4.79 Å². The number of aromatic nitrogens is 2. The Hall–Kier alpha value is -1.79. The van der Waals surface area contributed by atoms with Crippen molar-refractivity contribution in [3.63, 3.8) is 0 Å². The molecule has 2 aromatic heterocycles. The molecule has 2 aliphatic rings. The molecular weight excluding hydrogens is 340 g/mol. The Balaban J connectivity index is 0.00000182. The summed E-state index contributed by atoms with van der Waals surface area (Å²) in [6, 6.07) is 4.89. The second-order valence-electron chi connectivity index (χ2n) is 7.09. The van der Waals surface area contributed by atoms with Gasteiger partial charge in [0.15, 0.2) is 5.82 Å². The van der Waals surface area contributed by atoms with Gasteiger partial charge in [-0.1, -0.05) is 5.16 Å². The maximum Gasteiger partial charge on any atom is 0.255 e. The molecular formula is C18H25ClN4O2. The Morgan fingerprint density at radius 3 is 2.68 bits per heavy atom. The first-order valence-electron chi connectivity index (χ1n) is 8.71. The van der Waals surface area contributed by atoms with E-state index in [1.54, 1.807) is 0 Å². The van der Waals surface area contributed by atoms with Crippen LogP contribution in [0.5, 0.6) is 0 Å². The molecule has 2 fully saturated rings. The molecule has 2 saturated heterocycles. The Morgan fingerprint density at radius 1 is 1.20 bits per heavy atom. The first kappa shape index (κ1) is 18.0. The molecule has 6 nitrogen and oxygen atoms in total. The first-order valence-corrected chi connectivity index (χ1v) is 8.71. The van der Waals surface area contributed by atoms with Crippen LogP contribution in [-0.4, -0.2) is 45.7 Å². The number of likely N-dealkylation sites (tertiary alicyclic amines) is 1. The Kier molecular flexibility index (Phi) is 4.93. The number of hydrogen-bond donors (Lipinski definition) is 1. The number of nitrogens with one attached hydrogen (secondary N) is 1. The summed E-state index contributed by atoms with van der Waals surface area (Å²) in [7, 11) is 0. The third-order valence-corrected chi connectivity index (χ3v) is 5.32. The highest BCUT2D eigenvalue weighted by molar-refractivity contribution is 5.96. The molecule has 25 heavy (non-hydrogen) atoms. The van der Waals surface area contributed by atoms with Crippen molar-refractivity contribution in [3.8, 4) is 5.82 Å². The molecule has 1 N–H and O–H groups in total. The lowest BCUT2D eigenvalue weighted by molar-refractivity contribution is 0.0747. The second-order valence-corrected chi connectivity index (χ2v) is 7.09. The minimum absolute atomic E-state index is 0. The van der Waals surface area contributed by atoms with Gasteiger partial charge in [0.1, 0.15) is 5.76 Å². The summed E-state index contributed by atoms with van der Waals surface area (Å²) in [6.45, 7) is 7.49. The fraction of sp³-hybridized carbons (Fsp3) is 0.556. The lowest BCUT2D eigenvalue weighted by Crippen LogP contribution is -2.39. The summed E-state index contributed by atoms with van der Waals surface area (Å²) in [6.07, 6.45) is 3.46. The topological polar surface area (TPSA) is 63.3 Å². The average Bonchev–Trinajstić information content (AvgIpc) is 3.17. The quantitative estimate of drug-likeness (QED) is 0.890. The molecule has 1 amide bonds. The molecule has 2 unspecified atom stereocenters. The van der Waals surface area contributed by atoms with Gasteiger partial charge in [-0.2, -0.15) is 0 Å². The lowest BCUT2D eigenvalue weighted by atomic mass is 10.1. The number of fused-ring (bicyclic) bond motifs is 2. The van der Waals surface area contributed by atoms with Crippen molar-refractivity contribution < 1.29 is 9.32 Å². The van der Waals surface area contributed by atoms with Gasteiger partial charge in [0.05, 0.1) is 5.56 Å². The van der Waals surface area contributed by atoms with E-state index in [1.807, 2.05) is 42.4 Å². The van der Waals surface area contributed by atoms with E-state index in [-0.39, 0.29) is 18.3 Å². The molecule has 0 aliphatic carbocycles. The summed E-state index contributed by atoms with van der Waals surface area (Å²) < 4.78 is 7.18. The van der Waals surface area contributed by atoms with Crippen LogP contribution in [0.2, 0.25) is 0 Å². The molecule has 4 heterocycles. The van der Waals surface area contributed by atoms with E-state index in [2.05, 4.69) is 10.5 Å². The molecule has 0 aromatic carbocycles. The lowest BCUT2D eigenvalue weighted by Gasteiger charge is -2.24. The molecule has 4 rings (SSSR count). The first-order chi connectivity index (χ1) is 11.5. The van der Waals surface area contributed by atoms with Gasteiger partial charge in [-0.05, 0) is 46.1 Å². The van der Waals surface area contributed by atoms with Crippen molar-refractivity contribution in [2.24, 2.45) is 0 Å². The predicted molar refractivity (Wildman–Crippen MR) is 97.8 cm³/mol. The normalized spacial score (nSPS) is 22.6. The van der Waals surface area contributed by atoms with E-state index in [0.717, 1.165) is 48.0 Å². The number of rotatable bonds is 2. The highest BCUT2D eigenvalue weighted by Gasteiger charge is 2.32. The van der Waals surface area contributed by atoms with E-state index in [4.69, 9.17) is 4.52 Å². The SMILES string of the molecule is Cc1cc(-n2c(C)cc(C(=O)N3CCC4CCC(C3)N4)c2C)no1.Cl. The number of aryl methyl sites for hydroxylation is 2. The van der Waals surface area contributed by atoms with Crippen LogP contribution in [0.3, 0.4) is 0 Å². The van der Waals surface area contributed by atoms with Gasteiger partial charge in [0.25, 0.3) is 5.91 Å². The van der Waals surface area contributed by atoms with E-state index < -0.39 is 0 Å². The average molecular weight is 365 g/mol. The summed E-state index contributed by atoms with van der Waals surface area (Å²) in [4.78, 5) is 15.1. The van der Waals surface area contributed by atoms with E-state index in [0.29, 0.717) is 12.1 Å². The highest BCUT2D eigenvalue weighted by atomic mass is 35.5. The predicted octanol–water partition coefficient (Wildman–Crippen LogP) is 2.78. The number of carbonyl (C=O) groups excluding carboxylic acids is 1. The van der Waals surface area contributed by atoms with Gasteiger partial charge in [0.2, 0.25) is 0 Å². The standard InChI is InChI=1S/C18H24N4O2.ClH/c1-11-8-16(13(3)22(11)17-9-12(2)24-20-17)18(23)21-7-6-14-4-5-15(10-21)19-14;/h8-9,14-15,19H,4-7,10H2,1-3H3;1H. The van der Waals surface area contributed by atoms with Crippen molar-refractivity contribution in [2.75, 3.05) is 13.1 Å². The molecule has 2 bridgehead atoms. The third-order valence-electron chi connectivity index (χ3n) is 5.32. The van der Waals surface area contributed by atoms with Gasteiger partial charge in [-0.3, -0.25) is 9.36 Å². The second kappa shape index (κ2) is 6.84. The highest BCUT2D eigenvalue weighted by Crippen LogP contribution is 2.25. The summed E-state index contributed by atoms with van der Waals surface area (Å²) in [5.41, 5.74) is 2.69. The molecule has 0 spiro atoms. The monoisotopic (exact) mass is 364 g/mol. The largest absolute Gasteiger partial charge is 0.360 e. The number of halogens is 1. The van der Waals surface area contributed by atoms with Crippen LogP contribution in [-0.2, 0) is 0 Å². The fourth-order valence-corrected chi connectivity index (χ4v) is 4.09. The summed E-state index contributed by atoms with van der Waals surface area (Å²) >= 11 is 0. The zero-order valence-electron chi connectivity index (χ0n) is 14.9. The van der Waals surface area contributed by atoms with Crippen molar-refractivity contribution in [1.82, 2.24) is 19.9 Å². The molecule has 2 atom stereocenters. The van der Waals surface area contributed by atoms with Crippen LogP contribution in [0, 0.1) is 20.8 Å². The van der Waals surface area contributed by atoms with Crippen LogP contribution in [0.4, 0.5) is 0 Å². The van der Waals surface area contributed by atoms with Crippen molar-refractivity contribution in [1.29, 1.82) is 0 Å². The third kappa shape index (κ3) is 3.20. The fourth-order valence-electron chi connectivity index (χ4n) is 4.09. The smallest absolute Gasteiger partial charge is 0.255 e. The minimum atomic E-state index is 0. The minimum Gasteiger partial charge on any atom is -0.360 e. The molecule has 2 aliphatic heterocycles. The summed E-state index contributed by atoms with van der Waals surface area (Å²) in [5, 5.41) is 7.72.